The van der Waals surface area contributed by atoms with E-state index in [4.69, 9.17) is 21.2 Å². The third-order valence-corrected chi connectivity index (χ3v) is 5.37. The SMILES string of the molecule is Cc1cc(C#N)cnc1Nc1nc(N)c2cccc(-c3c(C)cc(/C=C/C#N)cc3C)c2n1. The molecule has 0 aliphatic rings. The van der Waals surface area contributed by atoms with E-state index in [-0.39, 0.29) is 0 Å². The second kappa shape index (κ2) is 8.78. The number of para-hydroxylation sites is 1. The largest absolute Gasteiger partial charge is 0.383 e. The zero-order chi connectivity index (χ0) is 23.5. The fourth-order valence-electron chi connectivity index (χ4n) is 3.96. The molecule has 0 fully saturated rings. The molecule has 0 aliphatic heterocycles. The van der Waals surface area contributed by atoms with Gasteiger partial charge in [-0.05, 0) is 66.8 Å². The van der Waals surface area contributed by atoms with E-state index in [1.165, 1.54) is 12.3 Å². The fraction of sp³-hybridized carbons (Fsp3) is 0.115. The quantitative estimate of drug-likeness (QED) is 0.417. The van der Waals surface area contributed by atoms with E-state index in [2.05, 4.69) is 21.4 Å². The summed E-state index contributed by atoms with van der Waals surface area (Å²) in [6.45, 7) is 5.94. The molecule has 0 radical (unpaired) electrons. The van der Waals surface area contributed by atoms with Crippen LogP contribution in [0.4, 0.5) is 17.6 Å². The highest BCUT2D eigenvalue weighted by molar-refractivity contribution is 6.00. The summed E-state index contributed by atoms with van der Waals surface area (Å²) < 4.78 is 0. The number of aromatic nitrogens is 3. The van der Waals surface area contributed by atoms with Gasteiger partial charge in [-0.3, -0.25) is 0 Å². The van der Waals surface area contributed by atoms with Crippen LogP contribution in [0.25, 0.3) is 28.1 Å². The van der Waals surface area contributed by atoms with Crippen LogP contribution in [0.5, 0.6) is 0 Å². The second-order valence-corrected chi connectivity index (χ2v) is 7.75. The van der Waals surface area contributed by atoms with Crippen LogP contribution in [-0.4, -0.2) is 15.0 Å². The zero-order valence-corrected chi connectivity index (χ0v) is 18.5. The maximum Gasteiger partial charge on any atom is 0.230 e. The van der Waals surface area contributed by atoms with Crippen LogP contribution in [-0.2, 0) is 0 Å². The van der Waals surface area contributed by atoms with Crippen molar-refractivity contribution in [2.45, 2.75) is 20.8 Å². The minimum absolute atomic E-state index is 0.330. The number of hydrogen-bond acceptors (Lipinski definition) is 7. The van der Waals surface area contributed by atoms with E-state index in [1.807, 2.05) is 57.2 Å². The number of nitriles is 2. The molecule has 3 N–H and O–H groups in total. The number of aryl methyl sites for hydroxylation is 3. The highest BCUT2D eigenvalue weighted by atomic mass is 15.2. The summed E-state index contributed by atoms with van der Waals surface area (Å²) in [6, 6.07) is 15.8. The summed E-state index contributed by atoms with van der Waals surface area (Å²) in [5.74, 6) is 1.25. The van der Waals surface area contributed by atoms with Crippen LogP contribution in [0.15, 0.2) is 48.7 Å². The van der Waals surface area contributed by atoms with Crippen molar-refractivity contribution >= 4 is 34.6 Å². The molecule has 4 rings (SSSR count). The Morgan fingerprint density at radius 2 is 1.76 bits per heavy atom. The summed E-state index contributed by atoms with van der Waals surface area (Å²) >= 11 is 0. The first kappa shape index (κ1) is 21.5. The number of nitrogen functional groups attached to an aromatic ring is 1. The Hall–Kier alpha value is -4.75. The highest BCUT2D eigenvalue weighted by Crippen LogP contribution is 2.35. The van der Waals surface area contributed by atoms with E-state index in [0.29, 0.717) is 23.1 Å². The molecule has 2 aromatic heterocycles. The minimum atomic E-state index is 0.330. The summed E-state index contributed by atoms with van der Waals surface area (Å²) in [5.41, 5.74) is 13.4. The van der Waals surface area contributed by atoms with Gasteiger partial charge in [0, 0.05) is 23.2 Å². The van der Waals surface area contributed by atoms with Gasteiger partial charge in [-0.15, -0.1) is 0 Å². The van der Waals surface area contributed by atoms with Gasteiger partial charge in [0.05, 0.1) is 17.1 Å². The molecule has 0 unspecified atom stereocenters. The topological polar surface area (TPSA) is 124 Å². The Balaban J connectivity index is 1.85. The van der Waals surface area contributed by atoms with Crippen molar-refractivity contribution in [1.29, 1.82) is 10.5 Å². The lowest BCUT2D eigenvalue weighted by Gasteiger charge is -2.15. The van der Waals surface area contributed by atoms with E-state index in [0.717, 1.165) is 44.3 Å². The lowest BCUT2D eigenvalue weighted by atomic mass is 9.92. The van der Waals surface area contributed by atoms with Crippen molar-refractivity contribution in [2.75, 3.05) is 11.1 Å². The number of nitrogens with zero attached hydrogens (tertiary/aromatic N) is 5. The zero-order valence-electron chi connectivity index (χ0n) is 18.5. The number of nitrogens with one attached hydrogen (secondary N) is 1. The molecule has 2 aromatic carbocycles. The summed E-state index contributed by atoms with van der Waals surface area (Å²) in [6.07, 6.45) is 4.76. The first-order chi connectivity index (χ1) is 15.9. The first-order valence-electron chi connectivity index (χ1n) is 10.3. The molecule has 0 atom stereocenters. The first-order valence-corrected chi connectivity index (χ1v) is 10.3. The molecule has 4 aromatic rings. The average Bonchev–Trinajstić information content (AvgIpc) is 2.79. The Morgan fingerprint density at radius 3 is 2.42 bits per heavy atom. The number of rotatable bonds is 4. The Morgan fingerprint density at radius 1 is 1.00 bits per heavy atom. The second-order valence-electron chi connectivity index (χ2n) is 7.75. The molecule has 0 aliphatic carbocycles. The molecule has 33 heavy (non-hydrogen) atoms. The molecule has 7 heteroatoms. The van der Waals surface area contributed by atoms with Crippen molar-refractivity contribution in [3.63, 3.8) is 0 Å². The number of anilines is 3. The number of hydrogen-bond donors (Lipinski definition) is 2. The van der Waals surface area contributed by atoms with Crippen LogP contribution in [0, 0.1) is 43.4 Å². The Bertz CT molecular complexity index is 1480. The Kier molecular flexibility index (Phi) is 5.71. The molecular weight excluding hydrogens is 410 g/mol. The van der Waals surface area contributed by atoms with Gasteiger partial charge in [-0.2, -0.15) is 15.5 Å². The molecule has 0 saturated heterocycles. The van der Waals surface area contributed by atoms with E-state index in [1.54, 1.807) is 12.1 Å². The Labute approximate surface area is 191 Å². The van der Waals surface area contributed by atoms with Gasteiger partial charge in [-0.1, -0.05) is 24.3 Å². The molecule has 160 valence electrons. The summed E-state index contributed by atoms with van der Waals surface area (Å²) in [5, 5.41) is 21.8. The van der Waals surface area contributed by atoms with Gasteiger partial charge < -0.3 is 11.1 Å². The number of benzene rings is 2. The maximum atomic E-state index is 9.07. The summed E-state index contributed by atoms with van der Waals surface area (Å²) in [7, 11) is 0. The smallest absolute Gasteiger partial charge is 0.230 e. The van der Waals surface area contributed by atoms with Gasteiger partial charge in [0.15, 0.2) is 0 Å². The van der Waals surface area contributed by atoms with Gasteiger partial charge in [0.1, 0.15) is 17.7 Å². The van der Waals surface area contributed by atoms with Crippen molar-refractivity contribution in [3.05, 3.63) is 76.5 Å². The molecule has 0 spiro atoms. The normalized spacial score (nSPS) is 10.8. The predicted octanol–water partition coefficient (Wildman–Crippen LogP) is 5.35. The molecule has 0 amide bonds. The lowest BCUT2D eigenvalue weighted by molar-refractivity contribution is 1.17. The van der Waals surface area contributed by atoms with Crippen LogP contribution in [0.1, 0.15) is 27.8 Å². The van der Waals surface area contributed by atoms with Crippen molar-refractivity contribution in [2.24, 2.45) is 0 Å². The van der Waals surface area contributed by atoms with E-state index < -0.39 is 0 Å². The van der Waals surface area contributed by atoms with E-state index >= 15 is 0 Å². The molecular formula is C26H21N7. The summed E-state index contributed by atoms with van der Waals surface area (Å²) in [4.78, 5) is 13.5. The predicted molar refractivity (Wildman–Crippen MR) is 130 cm³/mol. The number of nitrogens with two attached hydrogens (primary N) is 1. The van der Waals surface area contributed by atoms with Crippen molar-refractivity contribution < 1.29 is 0 Å². The molecule has 0 saturated carbocycles. The van der Waals surface area contributed by atoms with E-state index in [9.17, 15) is 0 Å². The van der Waals surface area contributed by atoms with Gasteiger partial charge in [0.2, 0.25) is 5.95 Å². The van der Waals surface area contributed by atoms with Crippen LogP contribution in [0.2, 0.25) is 0 Å². The average molecular weight is 432 g/mol. The maximum absolute atomic E-state index is 9.07. The third kappa shape index (κ3) is 4.21. The highest BCUT2D eigenvalue weighted by Gasteiger charge is 2.15. The number of fused-ring (bicyclic) bond motifs is 1. The van der Waals surface area contributed by atoms with Gasteiger partial charge in [-0.25, -0.2) is 9.97 Å². The molecule has 7 nitrogen and oxygen atoms in total. The number of pyridine rings is 1. The van der Waals surface area contributed by atoms with Crippen molar-refractivity contribution in [1.82, 2.24) is 15.0 Å². The van der Waals surface area contributed by atoms with Crippen LogP contribution < -0.4 is 11.1 Å². The molecule has 2 heterocycles. The monoisotopic (exact) mass is 431 g/mol. The van der Waals surface area contributed by atoms with Gasteiger partial charge in [0.25, 0.3) is 0 Å². The fourth-order valence-corrected chi connectivity index (χ4v) is 3.96. The lowest BCUT2D eigenvalue weighted by Crippen LogP contribution is -2.05. The number of allylic oxidation sites excluding steroid dienone is 1. The van der Waals surface area contributed by atoms with Crippen LogP contribution in [0.3, 0.4) is 0 Å². The molecule has 0 bridgehead atoms. The standard InChI is InChI=1S/C26H21N7/c1-15-10-18(6-5-9-27)11-16(2)22(15)20-7-4-8-21-23(20)31-26(32-24(21)29)33-25-17(3)12-19(13-28)14-30-25/h4-8,10-12,14H,1-3H3,(H3,29,30,31,32,33)/b6-5+. The minimum Gasteiger partial charge on any atom is -0.383 e. The third-order valence-electron chi connectivity index (χ3n) is 5.37. The van der Waals surface area contributed by atoms with Crippen LogP contribution >= 0.6 is 0 Å². The van der Waals surface area contributed by atoms with Crippen molar-refractivity contribution in [3.8, 4) is 23.3 Å². The van der Waals surface area contributed by atoms with Gasteiger partial charge >= 0.3 is 0 Å².